The molecule has 3 amide bonds. The molecule has 0 spiro atoms. The van der Waals surface area contributed by atoms with Crippen LogP contribution in [0.1, 0.15) is 73.1 Å². The molecule has 1 N–H and O–H groups in total. The number of carbonyl (C=O) groups excluding carboxylic acids is 3. The maximum atomic E-state index is 12.8. The smallest absolute Gasteiger partial charge is 0.261 e. The number of hydrogen-bond donors (Lipinski definition) is 1. The third-order valence-electron chi connectivity index (χ3n) is 6.35. The molecule has 0 aromatic heterocycles. The Morgan fingerprint density at radius 1 is 1.03 bits per heavy atom. The molecule has 2 aromatic carbocycles. The molecular weight excluding hydrogens is 432 g/mol. The van der Waals surface area contributed by atoms with Crippen molar-refractivity contribution < 1.29 is 23.9 Å². The van der Waals surface area contributed by atoms with Crippen LogP contribution in [0.25, 0.3) is 0 Å². The van der Waals surface area contributed by atoms with Crippen molar-refractivity contribution in [3.63, 3.8) is 0 Å². The van der Waals surface area contributed by atoms with E-state index >= 15 is 0 Å². The highest BCUT2D eigenvalue weighted by Gasteiger charge is 2.37. The van der Waals surface area contributed by atoms with Gasteiger partial charge in [0.15, 0.2) is 0 Å². The van der Waals surface area contributed by atoms with Crippen LogP contribution in [0.4, 0.5) is 5.69 Å². The largest absolute Gasteiger partial charge is 0.457 e. The second kappa shape index (κ2) is 10.8. The molecule has 0 radical (unpaired) electrons. The van der Waals surface area contributed by atoms with Gasteiger partial charge in [-0.1, -0.05) is 26.7 Å². The molecule has 0 bridgehead atoms. The lowest BCUT2D eigenvalue weighted by Crippen LogP contribution is -2.36. The molecule has 2 aliphatic rings. The number of rotatable bonds is 10. The normalized spacial score (nSPS) is 17.4. The third-order valence-corrected chi connectivity index (χ3v) is 6.35. The van der Waals surface area contributed by atoms with Crippen molar-refractivity contribution in [1.82, 2.24) is 4.90 Å². The molecule has 1 atom stereocenters. The highest BCUT2D eigenvalue weighted by atomic mass is 16.5. The standard InChI is InChI=1S/C27H32N2O5/c1-3-6-18(7-4-2)25(30)28-19-9-11-20(12-10-19)34-21-13-14-23-24(16-21)27(32)29(26(23)31)17-22-8-5-15-33-22/h9-14,16,18,22H,3-8,15,17H2,1-2H3,(H,28,30). The summed E-state index contributed by atoms with van der Waals surface area (Å²) < 4.78 is 11.5. The molecule has 2 aliphatic heterocycles. The highest BCUT2D eigenvalue weighted by Crippen LogP contribution is 2.31. The van der Waals surface area contributed by atoms with Gasteiger partial charge in [0.05, 0.1) is 23.8 Å². The minimum absolute atomic E-state index is 0.0254. The number of nitrogens with one attached hydrogen (secondary N) is 1. The van der Waals surface area contributed by atoms with E-state index in [-0.39, 0.29) is 36.3 Å². The fourth-order valence-corrected chi connectivity index (χ4v) is 4.58. The van der Waals surface area contributed by atoms with Crippen LogP contribution in [-0.2, 0) is 9.53 Å². The molecule has 2 aromatic rings. The number of hydrogen-bond acceptors (Lipinski definition) is 5. The number of nitrogens with zero attached hydrogens (tertiary/aromatic N) is 1. The van der Waals surface area contributed by atoms with Gasteiger partial charge in [-0.15, -0.1) is 0 Å². The van der Waals surface area contributed by atoms with Gasteiger partial charge in [0, 0.05) is 18.2 Å². The van der Waals surface area contributed by atoms with Crippen LogP contribution < -0.4 is 10.1 Å². The number of ether oxygens (including phenoxy) is 2. The van der Waals surface area contributed by atoms with Gasteiger partial charge in [-0.2, -0.15) is 0 Å². The van der Waals surface area contributed by atoms with Crippen molar-refractivity contribution in [2.45, 2.75) is 58.5 Å². The first-order chi connectivity index (χ1) is 16.5. The first-order valence-corrected chi connectivity index (χ1v) is 12.2. The number of benzene rings is 2. The van der Waals surface area contributed by atoms with Crippen LogP contribution in [-0.4, -0.2) is 41.9 Å². The van der Waals surface area contributed by atoms with E-state index in [0.717, 1.165) is 38.5 Å². The zero-order valence-corrected chi connectivity index (χ0v) is 19.8. The van der Waals surface area contributed by atoms with E-state index in [9.17, 15) is 14.4 Å². The topological polar surface area (TPSA) is 84.9 Å². The molecule has 7 heteroatoms. The van der Waals surface area contributed by atoms with Crippen LogP contribution in [0.15, 0.2) is 42.5 Å². The monoisotopic (exact) mass is 464 g/mol. The first-order valence-electron chi connectivity index (χ1n) is 12.2. The molecule has 34 heavy (non-hydrogen) atoms. The van der Waals surface area contributed by atoms with Crippen LogP contribution >= 0.6 is 0 Å². The zero-order valence-electron chi connectivity index (χ0n) is 19.8. The maximum absolute atomic E-state index is 12.8. The van der Waals surface area contributed by atoms with E-state index in [4.69, 9.17) is 9.47 Å². The Labute approximate surface area is 200 Å². The molecule has 0 saturated carbocycles. The molecule has 1 unspecified atom stereocenters. The van der Waals surface area contributed by atoms with Gasteiger partial charge in [0.1, 0.15) is 11.5 Å². The number of imide groups is 1. The van der Waals surface area contributed by atoms with E-state index in [1.54, 1.807) is 42.5 Å². The summed E-state index contributed by atoms with van der Waals surface area (Å²) in [7, 11) is 0. The summed E-state index contributed by atoms with van der Waals surface area (Å²) in [6.07, 6.45) is 5.44. The lowest BCUT2D eigenvalue weighted by Gasteiger charge is -2.17. The Hall–Kier alpha value is -3.19. The molecular formula is C27H32N2O5. The summed E-state index contributed by atoms with van der Waals surface area (Å²) in [6, 6.07) is 12.1. The molecule has 7 nitrogen and oxygen atoms in total. The van der Waals surface area contributed by atoms with Gasteiger partial charge < -0.3 is 14.8 Å². The van der Waals surface area contributed by atoms with Crippen LogP contribution in [0, 0.1) is 5.92 Å². The number of anilines is 1. The lowest BCUT2D eigenvalue weighted by molar-refractivity contribution is -0.120. The van der Waals surface area contributed by atoms with Crippen molar-refractivity contribution in [2.24, 2.45) is 5.92 Å². The summed E-state index contributed by atoms with van der Waals surface area (Å²) >= 11 is 0. The third kappa shape index (κ3) is 5.30. The summed E-state index contributed by atoms with van der Waals surface area (Å²) in [5.74, 6) is 0.523. The van der Waals surface area contributed by atoms with Gasteiger partial charge in [-0.05, 0) is 68.1 Å². The minimum Gasteiger partial charge on any atom is -0.457 e. The minimum atomic E-state index is -0.312. The molecule has 2 heterocycles. The van der Waals surface area contributed by atoms with Gasteiger partial charge in [0.25, 0.3) is 11.8 Å². The van der Waals surface area contributed by atoms with Gasteiger partial charge in [-0.25, -0.2) is 0 Å². The van der Waals surface area contributed by atoms with Gasteiger partial charge in [-0.3, -0.25) is 19.3 Å². The van der Waals surface area contributed by atoms with Crippen molar-refractivity contribution in [3.8, 4) is 11.5 Å². The molecule has 180 valence electrons. The van der Waals surface area contributed by atoms with Crippen LogP contribution in [0.3, 0.4) is 0 Å². The fraction of sp³-hybridized carbons (Fsp3) is 0.444. The molecule has 4 rings (SSSR count). The average molecular weight is 465 g/mol. The number of carbonyl (C=O) groups is 3. The zero-order chi connectivity index (χ0) is 24.1. The summed E-state index contributed by atoms with van der Waals surface area (Å²) in [4.78, 5) is 39.4. The van der Waals surface area contributed by atoms with Crippen molar-refractivity contribution in [1.29, 1.82) is 0 Å². The quantitative estimate of drug-likeness (QED) is 0.475. The Kier molecular flexibility index (Phi) is 7.63. The predicted octanol–water partition coefficient (Wildman–Crippen LogP) is 5.41. The first kappa shape index (κ1) is 24.0. The molecule has 1 saturated heterocycles. The summed E-state index contributed by atoms with van der Waals surface area (Å²) in [5.41, 5.74) is 1.46. The van der Waals surface area contributed by atoms with Crippen molar-refractivity contribution in [2.75, 3.05) is 18.5 Å². The van der Waals surface area contributed by atoms with E-state index in [1.165, 1.54) is 4.90 Å². The average Bonchev–Trinajstić information content (AvgIpc) is 3.43. The second-order valence-electron chi connectivity index (χ2n) is 8.95. The molecule has 0 aliphatic carbocycles. The number of amides is 3. The lowest BCUT2D eigenvalue weighted by atomic mass is 9.97. The Morgan fingerprint density at radius 3 is 2.35 bits per heavy atom. The van der Waals surface area contributed by atoms with E-state index in [2.05, 4.69) is 19.2 Å². The Balaban J connectivity index is 1.39. The van der Waals surface area contributed by atoms with Crippen molar-refractivity contribution in [3.05, 3.63) is 53.6 Å². The van der Waals surface area contributed by atoms with Crippen molar-refractivity contribution >= 4 is 23.4 Å². The van der Waals surface area contributed by atoms with E-state index < -0.39 is 0 Å². The summed E-state index contributed by atoms with van der Waals surface area (Å²) in [6.45, 7) is 5.14. The fourth-order valence-electron chi connectivity index (χ4n) is 4.58. The SMILES string of the molecule is CCCC(CCC)C(=O)Nc1ccc(Oc2ccc3c(c2)C(=O)N(CC2CCCO2)C3=O)cc1. The van der Waals surface area contributed by atoms with Gasteiger partial charge >= 0.3 is 0 Å². The summed E-state index contributed by atoms with van der Waals surface area (Å²) in [5, 5.41) is 2.99. The molecule has 1 fully saturated rings. The maximum Gasteiger partial charge on any atom is 0.261 e. The van der Waals surface area contributed by atoms with Crippen LogP contribution in [0.5, 0.6) is 11.5 Å². The number of fused-ring (bicyclic) bond motifs is 1. The Morgan fingerprint density at radius 2 is 1.71 bits per heavy atom. The second-order valence-corrected chi connectivity index (χ2v) is 8.95. The van der Waals surface area contributed by atoms with E-state index in [1.807, 2.05) is 0 Å². The Bertz CT molecular complexity index is 1040. The van der Waals surface area contributed by atoms with Gasteiger partial charge in [0.2, 0.25) is 5.91 Å². The predicted molar refractivity (Wildman–Crippen MR) is 129 cm³/mol. The highest BCUT2D eigenvalue weighted by molar-refractivity contribution is 6.21. The van der Waals surface area contributed by atoms with E-state index in [0.29, 0.717) is 34.9 Å². The van der Waals surface area contributed by atoms with Crippen LogP contribution in [0.2, 0.25) is 0 Å².